The van der Waals surface area contributed by atoms with Gasteiger partial charge in [0.2, 0.25) is 0 Å². The first-order valence-corrected chi connectivity index (χ1v) is 5.43. The van der Waals surface area contributed by atoms with Gasteiger partial charge in [0.15, 0.2) is 0 Å². The summed E-state index contributed by atoms with van der Waals surface area (Å²) in [6, 6.07) is 13.6. The molecule has 0 aliphatic carbocycles. The molecule has 2 aromatic rings. The highest BCUT2D eigenvalue weighted by molar-refractivity contribution is 6.33. The lowest BCUT2D eigenvalue weighted by Gasteiger charge is -2.00. The molecule has 1 N–H and O–H groups in total. The lowest BCUT2D eigenvalue weighted by Crippen LogP contribution is -1.91. The Balaban J connectivity index is 2.08. The normalized spacial score (nSPS) is 10.7. The van der Waals surface area contributed by atoms with Gasteiger partial charge in [0.1, 0.15) is 5.82 Å². The Bertz CT molecular complexity index is 526. The van der Waals surface area contributed by atoms with Gasteiger partial charge < -0.3 is 0 Å². The van der Waals surface area contributed by atoms with Gasteiger partial charge >= 0.3 is 0 Å². The Kier molecular flexibility index (Phi) is 3.73. The molecule has 0 aromatic heterocycles. The summed E-state index contributed by atoms with van der Waals surface area (Å²) in [7, 11) is 0. The molecule has 2 aromatic carbocycles. The van der Waals surface area contributed by atoms with Crippen molar-refractivity contribution < 1.29 is 4.39 Å². The minimum Gasteiger partial charge on any atom is -0.279 e. The van der Waals surface area contributed by atoms with Crippen LogP contribution in [-0.4, -0.2) is 6.21 Å². The van der Waals surface area contributed by atoms with Crippen LogP contribution >= 0.6 is 11.6 Å². The van der Waals surface area contributed by atoms with Crippen LogP contribution in [-0.2, 0) is 0 Å². The second-order valence-corrected chi connectivity index (χ2v) is 3.81. The Morgan fingerprint density at radius 3 is 2.65 bits per heavy atom. The van der Waals surface area contributed by atoms with Crippen LogP contribution in [0.25, 0.3) is 0 Å². The van der Waals surface area contributed by atoms with Gasteiger partial charge in [0.05, 0.1) is 11.9 Å². The molecule has 0 aliphatic heterocycles. The van der Waals surface area contributed by atoms with Gasteiger partial charge in [0.25, 0.3) is 0 Å². The van der Waals surface area contributed by atoms with E-state index < -0.39 is 0 Å². The monoisotopic (exact) mass is 248 g/mol. The van der Waals surface area contributed by atoms with E-state index in [2.05, 4.69) is 10.5 Å². The Hall–Kier alpha value is -1.87. The maximum atomic E-state index is 13.0. The van der Waals surface area contributed by atoms with E-state index in [4.69, 9.17) is 11.6 Å². The van der Waals surface area contributed by atoms with Crippen LogP contribution in [0.1, 0.15) is 5.56 Å². The van der Waals surface area contributed by atoms with Crippen molar-refractivity contribution in [3.05, 3.63) is 64.9 Å². The number of halogens is 2. The fraction of sp³-hybridized carbons (Fsp3) is 0. The molecule has 0 saturated heterocycles. The number of hydrogen-bond donors (Lipinski definition) is 1. The van der Waals surface area contributed by atoms with Gasteiger partial charge in [-0.2, -0.15) is 5.10 Å². The minimum atomic E-state index is -0.337. The molecule has 2 nitrogen and oxygen atoms in total. The van der Waals surface area contributed by atoms with Gasteiger partial charge in [-0.1, -0.05) is 29.8 Å². The topological polar surface area (TPSA) is 24.4 Å². The van der Waals surface area contributed by atoms with Crippen molar-refractivity contribution in [1.82, 2.24) is 0 Å². The number of anilines is 1. The summed E-state index contributed by atoms with van der Waals surface area (Å²) >= 11 is 5.89. The Morgan fingerprint density at radius 2 is 1.88 bits per heavy atom. The average molecular weight is 249 g/mol. The second kappa shape index (κ2) is 5.46. The highest BCUT2D eigenvalue weighted by Crippen LogP contribution is 2.15. The van der Waals surface area contributed by atoms with Crippen LogP contribution in [0, 0.1) is 5.82 Å². The highest BCUT2D eigenvalue weighted by Gasteiger charge is 1.98. The van der Waals surface area contributed by atoms with Crippen LogP contribution in [0.2, 0.25) is 5.02 Å². The molecule has 0 aliphatic rings. The maximum Gasteiger partial charge on any atom is 0.123 e. The van der Waals surface area contributed by atoms with Gasteiger partial charge in [-0.05, 0) is 30.3 Å². The van der Waals surface area contributed by atoms with E-state index in [1.165, 1.54) is 24.4 Å². The summed E-state index contributed by atoms with van der Waals surface area (Å²) in [5.74, 6) is -0.337. The Labute approximate surface area is 104 Å². The quantitative estimate of drug-likeness (QED) is 0.646. The first-order chi connectivity index (χ1) is 8.25. The zero-order valence-electron chi connectivity index (χ0n) is 8.90. The molecule has 0 atom stereocenters. The lowest BCUT2D eigenvalue weighted by molar-refractivity contribution is 0.627. The van der Waals surface area contributed by atoms with E-state index in [1.807, 2.05) is 30.3 Å². The molecular weight excluding hydrogens is 239 g/mol. The van der Waals surface area contributed by atoms with E-state index >= 15 is 0 Å². The van der Waals surface area contributed by atoms with Gasteiger partial charge in [-0.3, -0.25) is 5.43 Å². The van der Waals surface area contributed by atoms with E-state index in [9.17, 15) is 4.39 Å². The third kappa shape index (κ3) is 3.29. The first-order valence-electron chi connectivity index (χ1n) is 5.05. The maximum absolute atomic E-state index is 13.0. The average Bonchev–Trinajstić information content (AvgIpc) is 2.35. The summed E-state index contributed by atoms with van der Waals surface area (Å²) < 4.78 is 13.0. The number of hydrazone groups is 1. The van der Waals surface area contributed by atoms with Crippen molar-refractivity contribution in [3.8, 4) is 0 Å². The molecule has 86 valence electrons. The smallest absolute Gasteiger partial charge is 0.123 e. The predicted octanol–water partition coefficient (Wildman–Crippen LogP) is 3.93. The SMILES string of the molecule is Fc1ccc(Cl)c(C=NNc2ccccc2)c1. The number of hydrogen-bond acceptors (Lipinski definition) is 2. The van der Waals surface area contributed by atoms with Crippen LogP contribution in [0.3, 0.4) is 0 Å². The van der Waals surface area contributed by atoms with Crippen molar-refractivity contribution in [2.75, 3.05) is 5.43 Å². The van der Waals surface area contributed by atoms with Gasteiger partial charge in [-0.25, -0.2) is 4.39 Å². The molecule has 2 rings (SSSR count). The molecule has 0 fully saturated rings. The third-order valence-corrected chi connectivity index (χ3v) is 2.47. The van der Waals surface area contributed by atoms with Crippen molar-refractivity contribution in [3.63, 3.8) is 0 Å². The first kappa shape index (κ1) is 11.6. The fourth-order valence-electron chi connectivity index (χ4n) is 1.30. The molecule has 0 spiro atoms. The summed E-state index contributed by atoms with van der Waals surface area (Å²) in [6.45, 7) is 0. The summed E-state index contributed by atoms with van der Waals surface area (Å²) in [5.41, 5.74) is 4.22. The summed E-state index contributed by atoms with van der Waals surface area (Å²) in [4.78, 5) is 0. The van der Waals surface area contributed by atoms with Crippen LogP contribution < -0.4 is 5.43 Å². The minimum absolute atomic E-state index is 0.337. The number of rotatable bonds is 3. The zero-order valence-corrected chi connectivity index (χ0v) is 9.66. The largest absolute Gasteiger partial charge is 0.279 e. The molecule has 0 radical (unpaired) electrons. The van der Waals surface area contributed by atoms with Crippen LogP contribution in [0.5, 0.6) is 0 Å². The standard InChI is InChI=1S/C13H10ClFN2/c14-13-7-6-11(15)8-10(13)9-16-17-12-4-2-1-3-5-12/h1-9,17H. The molecule has 4 heteroatoms. The van der Waals surface area contributed by atoms with Crippen molar-refractivity contribution in [2.45, 2.75) is 0 Å². The number of para-hydroxylation sites is 1. The van der Waals surface area contributed by atoms with Crippen molar-refractivity contribution in [1.29, 1.82) is 0 Å². The van der Waals surface area contributed by atoms with Crippen molar-refractivity contribution >= 4 is 23.5 Å². The van der Waals surface area contributed by atoms with Crippen LogP contribution in [0.15, 0.2) is 53.6 Å². The fourth-order valence-corrected chi connectivity index (χ4v) is 1.47. The molecule has 17 heavy (non-hydrogen) atoms. The van der Waals surface area contributed by atoms with E-state index in [0.717, 1.165) is 5.69 Å². The third-order valence-electron chi connectivity index (χ3n) is 2.13. The predicted molar refractivity (Wildman–Crippen MR) is 69.1 cm³/mol. The van der Waals surface area contributed by atoms with Crippen molar-refractivity contribution in [2.24, 2.45) is 5.10 Å². The number of nitrogens with zero attached hydrogens (tertiary/aromatic N) is 1. The summed E-state index contributed by atoms with van der Waals surface area (Å²) in [5, 5.41) is 4.45. The second-order valence-electron chi connectivity index (χ2n) is 3.40. The summed E-state index contributed by atoms with van der Waals surface area (Å²) in [6.07, 6.45) is 1.48. The number of benzene rings is 2. The van der Waals surface area contributed by atoms with Crippen LogP contribution in [0.4, 0.5) is 10.1 Å². The van der Waals surface area contributed by atoms with Gasteiger partial charge in [-0.15, -0.1) is 0 Å². The Morgan fingerprint density at radius 1 is 1.12 bits per heavy atom. The zero-order chi connectivity index (χ0) is 12.1. The van der Waals surface area contributed by atoms with E-state index in [-0.39, 0.29) is 5.82 Å². The lowest BCUT2D eigenvalue weighted by atomic mass is 10.2. The highest BCUT2D eigenvalue weighted by atomic mass is 35.5. The molecule has 0 saturated carbocycles. The molecule has 0 unspecified atom stereocenters. The number of nitrogens with one attached hydrogen (secondary N) is 1. The molecule has 0 amide bonds. The van der Waals surface area contributed by atoms with E-state index in [0.29, 0.717) is 10.6 Å². The molecule has 0 bridgehead atoms. The molecule has 0 heterocycles. The van der Waals surface area contributed by atoms with Gasteiger partial charge in [0, 0.05) is 10.6 Å². The van der Waals surface area contributed by atoms with E-state index in [1.54, 1.807) is 0 Å². The molecular formula is C13H10ClFN2.